The summed E-state index contributed by atoms with van der Waals surface area (Å²) in [5, 5.41) is 3.66. The molecule has 0 aliphatic heterocycles. The number of para-hydroxylation sites is 1. The summed E-state index contributed by atoms with van der Waals surface area (Å²) in [4.78, 5) is 41.6. The standard InChI is InChI=1S/C25H26N2O4/c1-5-20-23(16(4)19-8-6-7-9-21(19)27-20)25(30)31-14-22(28)17-10-12-18(13-11-17)26-24(29)15(2)3/h6-13,15H,5,14H2,1-4H3,(H,26,29). The number of carbonyl (C=O) groups excluding carboxylic acids is 3. The zero-order valence-corrected chi connectivity index (χ0v) is 18.2. The van der Waals surface area contributed by atoms with Crippen LogP contribution in [0.2, 0.25) is 0 Å². The number of Topliss-reactive ketones (excluding diaryl/α,β-unsaturated/α-hetero) is 1. The van der Waals surface area contributed by atoms with E-state index >= 15 is 0 Å². The molecule has 1 amide bonds. The first-order chi connectivity index (χ1) is 14.8. The smallest absolute Gasteiger partial charge is 0.340 e. The number of anilines is 1. The fraction of sp³-hybridized carbons (Fsp3) is 0.280. The fourth-order valence-electron chi connectivity index (χ4n) is 3.28. The molecule has 0 aliphatic rings. The average Bonchev–Trinajstić information content (AvgIpc) is 2.77. The van der Waals surface area contributed by atoms with Crippen molar-refractivity contribution in [2.75, 3.05) is 11.9 Å². The maximum absolute atomic E-state index is 12.8. The van der Waals surface area contributed by atoms with E-state index in [0.29, 0.717) is 28.9 Å². The number of hydrogen-bond donors (Lipinski definition) is 1. The molecule has 0 atom stereocenters. The molecule has 0 saturated carbocycles. The highest BCUT2D eigenvalue weighted by atomic mass is 16.5. The Balaban J connectivity index is 1.71. The SMILES string of the molecule is CCc1nc2ccccc2c(C)c1C(=O)OCC(=O)c1ccc(NC(=O)C(C)C)cc1. The molecule has 3 aromatic rings. The molecule has 1 aromatic heterocycles. The van der Waals surface area contributed by atoms with Crippen LogP contribution in [0, 0.1) is 12.8 Å². The first kappa shape index (κ1) is 22.2. The van der Waals surface area contributed by atoms with E-state index in [0.717, 1.165) is 16.5 Å². The van der Waals surface area contributed by atoms with Gasteiger partial charge in [-0.05, 0) is 49.2 Å². The predicted octanol–water partition coefficient (Wildman–Crippen LogP) is 4.74. The lowest BCUT2D eigenvalue weighted by atomic mass is 10.0. The third kappa shape index (κ3) is 4.97. The number of aryl methyl sites for hydroxylation is 2. The Morgan fingerprint density at radius 2 is 1.71 bits per heavy atom. The summed E-state index contributed by atoms with van der Waals surface area (Å²) < 4.78 is 5.34. The minimum Gasteiger partial charge on any atom is -0.454 e. The van der Waals surface area contributed by atoms with E-state index in [-0.39, 0.29) is 24.2 Å². The molecule has 1 N–H and O–H groups in total. The number of hydrogen-bond acceptors (Lipinski definition) is 5. The van der Waals surface area contributed by atoms with Crippen LogP contribution in [0.5, 0.6) is 0 Å². The van der Waals surface area contributed by atoms with E-state index < -0.39 is 5.97 Å². The van der Waals surface area contributed by atoms with Crippen molar-refractivity contribution in [1.29, 1.82) is 0 Å². The molecule has 0 radical (unpaired) electrons. The lowest BCUT2D eigenvalue weighted by molar-refractivity contribution is -0.118. The van der Waals surface area contributed by atoms with Gasteiger partial charge in [0.2, 0.25) is 5.91 Å². The number of esters is 1. The van der Waals surface area contributed by atoms with Crippen molar-refractivity contribution in [3.63, 3.8) is 0 Å². The number of benzene rings is 2. The molecule has 1 heterocycles. The van der Waals surface area contributed by atoms with Crippen LogP contribution in [0.3, 0.4) is 0 Å². The van der Waals surface area contributed by atoms with Crippen molar-refractivity contribution in [2.24, 2.45) is 5.92 Å². The van der Waals surface area contributed by atoms with Crippen LogP contribution < -0.4 is 5.32 Å². The second kappa shape index (κ2) is 9.51. The van der Waals surface area contributed by atoms with Crippen LogP contribution in [0.1, 0.15) is 52.7 Å². The number of pyridine rings is 1. The molecule has 0 spiro atoms. The lowest BCUT2D eigenvalue weighted by Gasteiger charge is -2.13. The summed E-state index contributed by atoms with van der Waals surface area (Å²) in [6.45, 7) is 7.03. The fourth-order valence-corrected chi connectivity index (χ4v) is 3.28. The third-order valence-electron chi connectivity index (χ3n) is 5.10. The number of amides is 1. The van der Waals surface area contributed by atoms with Gasteiger partial charge < -0.3 is 10.1 Å². The van der Waals surface area contributed by atoms with Crippen molar-refractivity contribution >= 4 is 34.3 Å². The number of carbonyl (C=O) groups is 3. The topological polar surface area (TPSA) is 85.4 Å². The number of aromatic nitrogens is 1. The number of nitrogens with zero attached hydrogens (tertiary/aromatic N) is 1. The number of ether oxygens (including phenoxy) is 1. The van der Waals surface area contributed by atoms with Crippen molar-refractivity contribution < 1.29 is 19.1 Å². The average molecular weight is 418 g/mol. The Hall–Kier alpha value is -3.54. The Labute approximate surface area is 181 Å². The third-order valence-corrected chi connectivity index (χ3v) is 5.10. The highest BCUT2D eigenvalue weighted by Gasteiger charge is 2.20. The molecule has 2 aromatic carbocycles. The van der Waals surface area contributed by atoms with Gasteiger partial charge in [0.15, 0.2) is 12.4 Å². The maximum Gasteiger partial charge on any atom is 0.340 e. The van der Waals surface area contributed by atoms with Gasteiger partial charge in [-0.1, -0.05) is 39.0 Å². The Bertz CT molecular complexity index is 1130. The van der Waals surface area contributed by atoms with E-state index in [4.69, 9.17) is 4.74 Å². The quantitative estimate of drug-likeness (QED) is 0.442. The summed E-state index contributed by atoms with van der Waals surface area (Å²) in [7, 11) is 0. The van der Waals surface area contributed by atoms with Gasteiger partial charge in [0.05, 0.1) is 16.8 Å². The lowest BCUT2D eigenvalue weighted by Crippen LogP contribution is -2.18. The van der Waals surface area contributed by atoms with Gasteiger partial charge in [-0.15, -0.1) is 0 Å². The number of nitrogens with one attached hydrogen (secondary N) is 1. The first-order valence-electron chi connectivity index (χ1n) is 10.3. The molecule has 0 unspecified atom stereocenters. The summed E-state index contributed by atoms with van der Waals surface area (Å²) in [5.41, 5.74) is 3.70. The molecular weight excluding hydrogens is 392 g/mol. The molecule has 6 heteroatoms. The molecule has 160 valence electrons. The minimum atomic E-state index is -0.554. The number of rotatable bonds is 7. The van der Waals surface area contributed by atoms with Gasteiger partial charge in [0, 0.05) is 22.6 Å². The largest absolute Gasteiger partial charge is 0.454 e. The second-order valence-electron chi connectivity index (χ2n) is 7.65. The molecule has 0 aliphatic carbocycles. The van der Waals surface area contributed by atoms with Gasteiger partial charge in [0.1, 0.15) is 0 Å². The summed E-state index contributed by atoms with van der Waals surface area (Å²) in [6.07, 6.45) is 0.577. The molecule has 3 rings (SSSR count). The van der Waals surface area contributed by atoms with Crippen LogP contribution in [-0.4, -0.2) is 29.3 Å². The maximum atomic E-state index is 12.8. The monoisotopic (exact) mass is 418 g/mol. The predicted molar refractivity (Wildman–Crippen MR) is 120 cm³/mol. The molecule has 31 heavy (non-hydrogen) atoms. The molecule has 0 fully saturated rings. The number of fused-ring (bicyclic) bond motifs is 1. The van der Waals surface area contributed by atoms with Crippen molar-refractivity contribution in [3.05, 3.63) is 70.9 Å². The Kier molecular flexibility index (Phi) is 6.80. The van der Waals surface area contributed by atoms with Gasteiger partial charge in [-0.3, -0.25) is 14.6 Å². The van der Waals surface area contributed by atoms with Gasteiger partial charge in [-0.25, -0.2) is 4.79 Å². The van der Waals surface area contributed by atoms with Gasteiger partial charge >= 0.3 is 5.97 Å². The zero-order chi connectivity index (χ0) is 22.5. The normalized spacial score (nSPS) is 10.9. The Morgan fingerprint density at radius 1 is 1.03 bits per heavy atom. The van der Waals surface area contributed by atoms with E-state index in [1.807, 2.05) is 38.1 Å². The zero-order valence-electron chi connectivity index (χ0n) is 18.2. The van der Waals surface area contributed by atoms with E-state index in [1.54, 1.807) is 38.1 Å². The summed E-state index contributed by atoms with van der Waals surface area (Å²) in [6, 6.07) is 14.1. The van der Waals surface area contributed by atoms with Gasteiger partial charge in [0.25, 0.3) is 0 Å². The summed E-state index contributed by atoms with van der Waals surface area (Å²) >= 11 is 0. The highest BCUT2D eigenvalue weighted by Crippen LogP contribution is 2.24. The first-order valence-corrected chi connectivity index (χ1v) is 10.3. The molecule has 6 nitrogen and oxygen atoms in total. The second-order valence-corrected chi connectivity index (χ2v) is 7.65. The Morgan fingerprint density at radius 3 is 2.35 bits per heavy atom. The van der Waals surface area contributed by atoms with Crippen LogP contribution in [0.4, 0.5) is 5.69 Å². The van der Waals surface area contributed by atoms with Crippen LogP contribution in [-0.2, 0) is 16.0 Å². The van der Waals surface area contributed by atoms with Crippen molar-refractivity contribution in [1.82, 2.24) is 4.98 Å². The van der Waals surface area contributed by atoms with Crippen LogP contribution in [0.15, 0.2) is 48.5 Å². The van der Waals surface area contributed by atoms with E-state index in [2.05, 4.69) is 10.3 Å². The van der Waals surface area contributed by atoms with Crippen LogP contribution in [0.25, 0.3) is 10.9 Å². The molecule has 0 saturated heterocycles. The minimum absolute atomic E-state index is 0.0981. The molecule has 0 bridgehead atoms. The van der Waals surface area contributed by atoms with Gasteiger partial charge in [-0.2, -0.15) is 0 Å². The highest BCUT2D eigenvalue weighted by molar-refractivity contribution is 6.02. The van der Waals surface area contributed by atoms with Crippen molar-refractivity contribution in [3.8, 4) is 0 Å². The van der Waals surface area contributed by atoms with E-state index in [1.165, 1.54) is 0 Å². The number of ketones is 1. The van der Waals surface area contributed by atoms with E-state index in [9.17, 15) is 14.4 Å². The van der Waals surface area contributed by atoms with Crippen LogP contribution >= 0.6 is 0 Å². The van der Waals surface area contributed by atoms with Crippen molar-refractivity contribution in [2.45, 2.75) is 34.1 Å². The summed E-state index contributed by atoms with van der Waals surface area (Å²) in [5.74, 6) is -1.11. The molecular formula is C25H26N2O4.